The minimum atomic E-state index is 0.214. The molecule has 1 aliphatic heterocycles. The molecule has 1 heterocycles. The van der Waals surface area contributed by atoms with E-state index in [-0.39, 0.29) is 11.7 Å². The zero-order chi connectivity index (χ0) is 14.0. The standard InChI is InChI=1S/C18H26O2/c1-14(2)16-7-3-4-8-17(16)19-13-15-9-12-18(20-15)10-5-6-11-18/h3-4,7-8,14-15H,5-6,9-13H2,1-2H3. The highest BCUT2D eigenvalue weighted by Gasteiger charge is 2.42. The lowest BCUT2D eigenvalue weighted by atomic mass is 9.98. The highest BCUT2D eigenvalue weighted by atomic mass is 16.6. The Labute approximate surface area is 122 Å². The van der Waals surface area contributed by atoms with E-state index in [1.807, 2.05) is 0 Å². The van der Waals surface area contributed by atoms with Gasteiger partial charge >= 0.3 is 0 Å². The molecule has 2 heteroatoms. The van der Waals surface area contributed by atoms with Crippen LogP contribution in [0.25, 0.3) is 0 Å². The zero-order valence-electron chi connectivity index (χ0n) is 12.7. The van der Waals surface area contributed by atoms with Gasteiger partial charge in [-0.15, -0.1) is 0 Å². The minimum Gasteiger partial charge on any atom is -0.491 e. The maximum absolute atomic E-state index is 6.31. The Morgan fingerprint density at radius 2 is 1.95 bits per heavy atom. The van der Waals surface area contributed by atoms with Crippen LogP contribution < -0.4 is 4.74 Å². The first-order valence-corrected chi connectivity index (χ1v) is 8.08. The van der Waals surface area contributed by atoms with Crippen molar-refractivity contribution in [3.8, 4) is 5.75 Å². The van der Waals surface area contributed by atoms with Gasteiger partial charge in [-0.25, -0.2) is 0 Å². The molecule has 0 bridgehead atoms. The quantitative estimate of drug-likeness (QED) is 0.793. The van der Waals surface area contributed by atoms with E-state index >= 15 is 0 Å². The Morgan fingerprint density at radius 3 is 2.70 bits per heavy atom. The minimum absolute atomic E-state index is 0.214. The molecule has 3 rings (SSSR count). The summed E-state index contributed by atoms with van der Waals surface area (Å²) in [4.78, 5) is 0. The fourth-order valence-electron chi connectivity index (χ4n) is 3.67. The van der Waals surface area contributed by atoms with Gasteiger partial charge in [0, 0.05) is 0 Å². The summed E-state index contributed by atoms with van der Waals surface area (Å²) < 4.78 is 12.4. The molecular weight excluding hydrogens is 248 g/mol. The molecule has 1 saturated carbocycles. The summed E-state index contributed by atoms with van der Waals surface area (Å²) in [5.41, 5.74) is 1.51. The van der Waals surface area contributed by atoms with Crippen LogP contribution >= 0.6 is 0 Å². The fraction of sp³-hybridized carbons (Fsp3) is 0.667. The average Bonchev–Trinajstić information content (AvgIpc) is 3.07. The molecule has 0 aromatic heterocycles. The van der Waals surface area contributed by atoms with Gasteiger partial charge in [0.1, 0.15) is 12.4 Å². The molecule has 2 fully saturated rings. The fourth-order valence-corrected chi connectivity index (χ4v) is 3.67. The Balaban J connectivity index is 1.58. The van der Waals surface area contributed by atoms with E-state index < -0.39 is 0 Å². The van der Waals surface area contributed by atoms with Gasteiger partial charge in [0.25, 0.3) is 0 Å². The summed E-state index contributed by atoms with van der Waals surface area (Å²) in [5, 5.41) is 0. The van der Waals surface area contributed by atoms with Crippen LogP contribution in [0.15, 0.2) is 24.3 Å². The van der Waals surface area contributed by atoms with E-state index in [0.717, 1.165) is 12.2 Å². The molecule has 1 atom stereocenters. The van der Waals surface area contributed by atoms with E-state index in [4.69, 9.17) is 9.47 Å². The van der Waals surface area contributed by atoms with E-state index in [9.17, 15) is 0 Å². The highest BCUT2D eigenvalue weighted by molar-refractivity contribution is 5.35. The van der Waals surface area contributed by atoms with Crippen molar-refractivity contribution in [1.82, 2.24) is 0 Å². The molecule has 1 unspecified atom stereocenters. The number of hydrogen-bond acceptors (Lipinski definition) is 2. The molecule has 20 heavy (non-hydrogen) atoms. The normalized spacial score (nSPS) is 24.6. The van der Waals surface area contributed by atoms with Crippen LogP contribution in [0.4, 0.5) is 0 Å². The lowest BCUT2D eigenvalue weighted by Crippen LogP contribution is -2.27. The lowest BCUT2D eigenvalue weighted by molar-refractivity contribution is -0.0509. The molecule has 2 aliphatic rings. The van der Waals surface area contributed by atoms with Crippen molar-refractivity contribution in [3.05, 3.63) is 29.8 Å². The van der Waals surface area contributed by atoms with Gasteiger partial charge in [0.05, 0.1) is 11.7 Å². The van der Waals surface area contributed by atoms with Gasteiger partial charge in [-0.1, -0.05) is 44.9 Å². The Kier molecular flexibility index (Phi) is 4.02. The number of hydrogen-bond donors (Lipinski definition) is 0. The molecule has 110 valence electrons. The summed E-state index contributed by atoms with van der Waals surface area (Å²) >= 11 is 0. The number of para-hydroxylation sites is 1. The first-order chi connectivity index (χ1) is 9.69. The third-order valence-corrected chi connectivity index (χ3v) is 4.82. The van der Waals surface area contributed by atoms with Gasteiger partial charge in [-0.2, -0.15) is 0 Å². The molecule has 1 aliphatic carbocycles. The Morgan fingerprint density at radius 1 is 1.20 bits per heavy atom. The van der Waals surface area contributed by atoms with Crippen LogP contribution in [0.1, 0.15) is 63.9 Å². The van der Waals surface area contributed by atoms with Crippen molar-refractivity contribution in [2.75, 3.05) is 6.61 Å². The van der Waals surface area contributed by atoms with Crippen molar-refractivity contribution in [3.63, 3.8) is 0 Å². The molecule has 0 N–H and O–H groups in total. The molecular formula is C18H26O2. The van der Waals surface area contributed by atoms with Crippen molar-refractivity contribution in [2.45, 2.75) is 70.0 Å². The third kappa shape index (κ3) is 2.85. The van der Waals surface area contributed by atoms with Crippen LogP contribution in [-0.4, -0.2) is 18.3 Å². The van der Waals surface area contributed by atoms with Gasteiger partial charge in [0.15, 0.2) is 0 Å². The maximum Gasteiger partial charge on any atom is 0.122 e. The van der Waals surface area contributed by atoms with Gasteiger partial charge in [-0.3, -0.25) is 0 Å². The second-order valence-corrected chi connectivity index (χ2v) is 6.67. The SMILES string of the molecule is CC(C)c1ccccc1OCC1CCC2(CCCC2)O1. The first-order valence-electron chi connectivity index (χ1n) is 8.08. The van der Waals surface area contributed by atoms with E-state index in [0.29, 0.717) is 12.5 Å². The third-order valence-electron chi connectivity index (χ3n) is 4.82. The monoisotopic (exact) mass is 274 g/mol. The summed E-state index contributed by atoms with van der Waals surface area (Å²) in [5.74, 6) is 1.52. The molecule has 2 nitrogen and oxygen atoms in total. The summed E-state index contributed by atoms with van der Waals surface area (Å²) in [7, 11) is 0. The largest absolute Gasteiger partial charge is 0.491 e. The lowest BCUT2D eigenvalue weighted by Gasteiger charge is -2.24. The van der Waals surface area contributed by atoms with E-state index in [2.05, 4.69) is 38.1 Å². The molecule has 1 aromatic rings. The molecule has 1 saturated heterocycles. The van der Waals surface area contributed by atoms with Crippen LogP contribution in [0.3, 0.4) is 0 Å². The van der Waals surface area contributed by atoms with Gasteiger partial charge < -0.3 is 9.47 Å². The molecule has 1 aromatic carbocycles. The Bertz CT molecular complexity index is 446. The van der Waals surface area contributed by atoms with Crippen LogP contribution in [-0.2, 0) is 4.74 Å². The number of ether oxygens (including phenoxy) is 2. The van der Waals surface area contributed by atoms with Crippen molar-refractivity contribution < 1.29 is 9.47 Å². The van der Waals surface area contributed by atoms with Gasteiger partial charge in [0.2, 0.25) is 0 Å². The molecule has 1 spiro atoms. The smallest absolute Gasteiger partial charge is 0.122 e. The summed E-state index contributed by atoms with van der Waals surface area (Å²) in [6, 6.07) is 8.38. The second-order valence-electron chi connectivity index (χ2n) is 6.67. The van der Waals surface area contributed by atoms with Crippen molar-refractivity contribution in [2.24, 2.45) is 0 Å². The van der Waals surface area contributed by atoms with Crippen LogP contribution in [0, 0.1) is 0 Å². The van der Waals surface area contributed by atoms with E-state index in [1.165, 1.54) is 37.7 Å². The van der Waals surface area contributed by atoms with Crippen molar-refractivity contribution in [1.29, 1.82) is 0 Å². The molecule has 0 radical (unpaired) electrons. The molecule has 0 amide bonds. The predicted octanol–water partition coefficient (Wildman–Crippen LogP) is 4.68. The van der Waals surface area contributed by atoms with Gasteiger partial charge in [-0.05, 0) is 43.2 Å². The number of rotatable bonds is 4. The topological polar surface area (TPSA) is 18.5 Å². The van der Waals surface area contributed by atoms with Crippen LogP contribution in [0.5, 0.6) is 5.75 Å². The van der Waals surface area contributed by atoms with Crippen molar-refractivity contribution >= 4 is 0 Å². The predicted molar refractivity (Wildman–Crippen MR) is 81.3 cm³/mol. The summed E-state index contributed by atoms with van der Waals surface area (Å²) in [6.45, 7) is 5.12. The average molecular weight is 274 g/mol. The Hall–Kier alpha value is -1.02. The van der Waals surface area contributed by atoms with Crippen LogP contribution in [0.2, 0.25) is 0 Å². The number of benzene rings is 1. The maximum atomic E-state index is 6.31. The second kappa shape index (κ2) is 5.77. The zero-order valence-corrected chi connectivity index (χ0v) is 12.7. The highest BCUT2D eigenvalue weighted by Crippen LogP contribution is 2.43. The van der Waals surface area contributed by atoms with E-state index in [1.54, 1.807) is 0 Å². The summed E-state index contributed by atoms with van der Waals surface area (Å²) in [6.07, 6.45) is 7.86. The first kappa shape index (κ1) is 13.9.